The Morgan fingerprint density at radius 2 is 1.96 bits per heavy atom. The second-order valence-corrected chi connectivity index (χ2v) is 6.91. The summed E-state index contributed by atoms with van der Waals surface area (Å²) in [4.78, 5) is 17.4. The summed E-state index contributed by atoms with van der Waals surface area (Å²) in [5.74, 6) is 0.288. The zero-order valence-electron chi connectivity index (χ0n) is 14.9. The Balaban J connectivity index is 1.87. The second kappa shape index (κ2) is 7.66. The van der Waals surface area contributed by atoms with Gasteiger partial charge in [-0.05, 0) is 67.4 Å². The van der Waals surface area contributed by atoms with E-state index in [1.165, 1.54) is 11.8 Å². The Morgan fingerprint density at radius 3 is 2.65 bits per heavy atom. The van der Waals surface area contributed by atoms with E-state index in [1.54, 1.807) is 24.3 Å². The Bertz CT molecular complexity index is 899. The molecule has 1 heterocycles. The number of rotatable bonds is 4. The average Bonchev–Trinajstić information content (AvgIpc) is 2.94. The number of amides is 1. The van der Waals surface area contributed by atoms with E-state index in [0.29, 0.717) is 22.4 Å². The Labute approximate surface area is 156 Å². The van der Waals surface area contributed by atoms with E-state index in [1.807, 2.05) is 39.0 Å². The van der Waals surface area contributed by atoms with Crippen LogP contribution in [0.5, 0.6) is 11.5 Å². The van der Waals surface area contributed by atoms with Gasteiger partial charge in [-0.25, -0.2) is 4.99 Å². The van der Waals surface area contributed by atoms with Crippen molar-refractivity contribution < 1.29 is 14.6 Å². The van der Waals surface area contributed by atoms with Gasteiger partial charge in [0.2, 0.25) is 0 Å². The van der Waals surface area contributed by atoms with Crippen molar-refractivity contribution in [3.8, 4) is 11.5 Å². The molecule has 1 aliphatic rings. The number of aryl methyl sites for hydroxylation is 2. The van der Waals surface area contributed by atoms with E-state index in [4.69, 9.17) is 4.74 Å². The van der Waals surface area contributed by atoms with Crippen LogP contribution in [-0.2, 0) is 4.79 Å². The summed E-state index contributed by atoms with van der Waals surface area (Å²) in [5.41, 5.74) is 3.77. The van der Waals surface area contributed by atoms with Crippen LogP contribution in [0.4, 0.5) is 5.69 Å². The highest BCUT2D eigenvalue weighted by Gasteiger charge is 2.24. The molecular weight excluding hydrogens is 348 g/mol. The molecule has 0 aromatic heterocycles. The molecule has 0 unspecified atom stereocenters. The highest BCUT2D eigenvalue weighted by atomic mass is 32.2. The second-order valence-electron chi connectivity index (χ2n) is 5.88. The van der Waals surface area contributed by atoms with Gasteiger partial charge in [-0.2, -0.15) is 0 Å². The number of aromatic hydroxyl groups is 1. The number of nitrogens with zero attached hydrogens (tertiary/aromatic N) is 1. The molecule has 0 atom stereocenters. The molecule has 3 rings (SSSR count). The van der Waals surface area contributed by atoms with Crippen LogP contribution in [0, 0.1) is 13.8 Å². The van der Waals surface area contributed by atoms with Gasteiger partial charge in [0.15, 0.2) is 16.7 Å². The molecule has 26 heavy (non-hydrogen) atoms. The number of para-hydroxylation sites is 1. The molecule has 0 bridgehead atoms. The SMILES string of the molecule is CCOc1cc(/C=C2\SC(=Nc3c(C)cccc3C)NC2=O)ccc1O. The summed E-state index contributed by atoms with van der Waals surface area (Å²) >= 11 is 1.30. The number of hydrogen-bond acceptors (Lipinski definition) is 5. The number of phenols is 1. The van der Waals surface area contributed by atoms with Crippen molar-refractivity contribution in [2.24, 2.45) is 4.99 Å². The lowest BCUT2D eigenvalue weighted by molar-refractivity contribution is -0.115. The lowest BCUT2D eigenvalue weighted by atomic mass is 10.1. The molecule has 2 aromatic carbocycles. The molecule has 0 radical (unpaired) electrons. The van der Waals surface area contributed by atoms with Gasteiger partial charge in [0, 0.05) is 0 Å². The van der Waals surface area contributed by atoms with Crippen LogP contribution in [0.25, 0.3) is 6.08 Å². The molecule has 0 aliphatic carbocycles. The van der Waals surface area contributed by atoms with E-state index < -0.39 is 0 Å². The highest BCUT2D eigenvalue weighted by Crippen LogP contribution is 2.32. The van der Waals surface area contributed by atoms with E-state index in [0.717, 1.165) is 22.4 Å². The first-order chi connectivity index (χ1) is 12.5. The third kappa shape index (κ3) is 3.91. The van der Waals surface area contributed by atoms with Crippen LogP contribution in [0.2, 0.25) is 0 Å². The van der Waals surface area contributed by atoms with E-state index in [2.05, 4.69) is 10.3 Å². The van der Waals surface area contributed by atoms with Gasteiger partial charge in [-0.3, -0.25) is 4.79 Å². The van der Waals surface area contributed by atoms with Gasteiger partial charge in [-0.15, -0.1) is 0 Å². The Morgan fingerprint density at radius 1 is 1.23 bits per heavy atom. The smallest absolute Gasteiger partial charge is 0.264 e. The number of amidine groups is 1. The van der Waals surface area contributed by atoms with Crippen molar-refractivity contribution in [1.29, 1.82) is 0 Å². The van der Waals surface area contributed by atoms with Gasteiger partial charge < -0.3 is 15.2 Å². The van der Waals surface area contributed by atoms with Crippen LogP contribution in [0.15, 0.2) is 46.3 Å². The lowest BCUT2D eigenvalue weighted by Crippen LogP contribution is -2.19. The molecule has 2 N–H and O–H groups in total. The fourth-order valence-electron chi connectivity index (χ4n) is 2.61. The first-order valence-corrected chi connectivity index (χ1v) is 9.11. The molecular formula is C20H20N2O3S. The van der Waals surface area contributed by atoms with Gasteiger partial charge in [0.25, 0.3) is 5.91 Å². The predicted molar refractivity (Wildman–Crippen MR) is 106 cm³/mol. The number of ether oxygens (including phenoxy) is 1. The maximum atomic E-state index is 12.3. The molecule has 2 aromatic rings. The van der Waals surface area contributed by atoms with Gasteiger partial charge in [0.1, 0.15) is 0 Å². The summed E-state index contributed by atoms with van der Waals surface area (Å²) < 4.78 is 5.38. The highest BCUT2D eigenvalue weighted by molar-refractivity contribution is 8.18. The zero-order chi connectivity index (χ0) is 18.7. The number of carbonyl (C=O) groups is 1. The maximum Gasteiger partial charge on any atom is 0.264 e. The third-order valence-electron chi connectivity index (χ3n) is 3.89. The maximum absolute atomic E-state index is 12.3. The van der Waals surface area contributed by atoms with E-state index in [9.17, 15) is 9.90 Å². The van der Waals surface area contributed by atoms with Crippen LogP contribution in [-0.4, -0.2) is 22.8 Å². The van der Waals surface area contributed by atoms with Crippen molar-refractivity contribution in [3.05, 3.63) is 58.0 Å². The normalized spacial score (nSPS) is 17.0. The number of carbonyl (C=O) groups excluding carboxylic acids is 1. The number of phenolic OH excluding ortho intramolecular Hbond substituents is 1. The standard InChI is InChI=1S/C20H20N2O3S/c1-4-25-16-10-14(8-9-15(16)23)11-17-19(24)22-20(26-17)21-18-12(2)6-5-7-13(18)3/h5-11,23H,4H2,1-3H3,(H,21,22,24)/b17-11-. The lowest BCUT2D eigenvalue weighted by Gasteiger charge is -2.06. The number of aliphatic imine (C=N–C) groups is 1. The van der Waals surface area contributed by atoms with Gasteiger partial charge in [-0.1, -0.05) is 24.3 Å². The Hall–Kier alpha value is -2.73. The molecule has 1 saturated heterocycles. The van der Waals surface area contributed by atoms with E-state index >= 15 is 0 Å². The fraction of sp³-hybridized carbons (Fsp3) is 0.200. The minimum absolute atomic E-state index is 0.0785. The molecule has 1 amide bonds. The van der Waals surface area contributed by atoms with Crippen LogP contribution in [0.3, 0.4) is 0 Å². The third-order valence-corrected chi connectivity index (χ3v) is 4.80. The first-order valence-electron chi connectivity index (χ1n) is 8.29. The van der Waals surface area contributed by atoms with Crippen LogP contribution < -0.4 is 10.1 Å². The molecule has 5 nitrogen and oxygen atoms in total. The summed E-state index contributed by atoms with van der Waals surface area (Å²) in [6, 6.07) is 11.0. The van der Waals surface area contributed by atoms with Crippen molar-refractivity contribution in [1.82, 2.24) is 5.32 Å². The van der Waals surface area contributed by atoms with Crippen molar-refractivity contribution >= 4 is 34.6 Å². The quantitative estimate of drug-likeness (QED) is 0.790. The minimum Gasteiger partial charge on any atom is -0.504 e. The summed E-state index contributed by atoms with van der Waals surface area (Å²) in [6.45, 7) is 6.29. The number of hydrogen-bond donors (Lipinski definition) is 2. The van der Waals surface area contributed by atoms with Crippen LogP contribution >= 0.6 is 11.8 Å². The summed E-state index contributed by atoms with van der Waals surface area (Å²) in [5, 5.41) is 13.1. The van der Waals surface area contributed by atoms with E-state index in [-0.39, 0.29) is 11.7 Å². The Kier molecular flexibility index (Phi) is 5.32. The van der Waals surface area contributed by atoms with Gasteiger partial charge in [0.05, 0.1) is 17.2 Å². The largest absolute Gasteiger partial charge is 0.504 e. The average molecular weight is 368 g/mol. The van der Waals surface area contributed by atoms with Crippen LogP contribution in [0.1, 0.15) is 23.6 Å². The fourth-order valence-corrected chi connectivity index (χ4v) is 3.43. The summed E-state index contributed by atoms with van der Waals surface area (Å²) in [7, 11) is 0. The first kappa shape index (κ1) is 18.1. The molecule has 6 heteroatoms. The number of nitrogens with one attached hydrogen (secondary N) is 1. The van der Waals surface area contributed by atoms with Crippen molar-refractivity contribution in [2.45, 2.75) is 20.8 Å². The monoisotopic (exact) mass is 368 g/mol. The molecule has 0 spiro atoms. The molecule has 1 aliphatic heterocycles. The van der Waals surface area contributed by atoms with Crippen molar-refractivity contribution in [3.63, 3.8) is 0 Å². The predicted octanol–water partition coefficient (Wildman–Crippen LogP) is 4.30. The molecule has 134 valence electrons. The zero-order valence-corrected chi connectivity index (χ0v) is 15.7. The van der Waals surface area contributed by atoms with Gasteiger partial charge >= 0.3 is 0 Å². The molecule has 0 saturated carbocycles. The number of benzene rings is 2. The number of thioether (sulfide) groups is 1. The minimum atomic E-state index is -0.189. The summed E-state index contributed by atoms with van der Waals surface area (Å²) in [6.07, 6.45) is 1.76. The molecule has 1 fully saturated rings. The van der Waals surface area contributed by atoms with Crippen molar-refractivity contribution in [2.75, 3.05) is 6.61 Å². The topological polar surface area (TPSA) is 70.9 Å².